The Morgan fingerprint density at radius 2 is 2.12 bits per heavy atom. The first-order valence-electron chi connectivity index (χ1n) is 8.27. The quantitative estimate of drug-likeness (QED) is 0.802. The van der Waals surface area contributed by atoms with Crippen molar-refractivity contribution in [2.75, 3.05) is 27.2 Å². The number of fused-ring (bicyclic) bond motifs is 1. The van der Waals surface area contributed by atoms with E-state index in [0.29, 0.717) is 12.1 Å². The monoisotopic (exact) mass is 418 g/mol. The number of hydrogen-bond donors (Lipinski definition) is 1. The average Bonchev–Trinajstić information content (AvgIpc) is 2.61. The Hall–Kier alpha value is -2.18. The molecule has 0 aliphatic carbocycles. The number of hydrogen-bond acceptors (Lipinski definition) is 3. The SMILES string of the molecule is CN(C)[C@@H](CNC(=O)C1=Cc2cc(Br)ccc2OC1)c1cccc(F)c1. The van der Waals surface area contributed by atoms with E-state index in [9.17, 15) is 9.18 Å². The lowest BCUT2D eigenvalue weighted by Crippen LogP contribution is -2.36. The van der Waals surface area contributed by atoms with E-state index in [1.54, 1.807) is 6.07 Å². The van der Waals surface area contributed by atoms with Gasteiger partial charge in [0.2, 0.25) is 0 Å². The van der Waals surface area contributed by atoms with E-state index in [1.165, 1.54) is 12.1 Å². The molecule has 1 aliphatic heterocycles. The summed E-state index contributed by atoms with van der Waals surface area (Å²) >= 11 is 3.42. The van der Waals surface area contributed by atoms with Gasteiger partial charge in [-0.05, 0) is 56.1 Å². The van der Waals surface area contributed by atoms with Crippen LogP contribution in [0.5, 0.6) is 5.75 Å². The van der Waals surface area contributed by atoms with E-state index in [0.717, 1.165) is 21.3 Å². The van der Waals surface area contributed by atoms with Crippen LogP contribution in [0.15, 0.2) is 52.5 Å². The van der Waals surface area contributed by atoms with E-state index in [4.69, 9.17) is 4.74 Å². The third kappa shape index (κ3) is 4.31. The molecule has 1 heterocycles. The number of carbonyl (C=O) groups is 1. The molecule has 1 N–H and O–H groups in total. The van der Waals surface area contributed by atoms with Gasteiger partial charge in [0.1, 0.15) is 18.2 Å². The molecular weight excluding hydrogens is 399 g/mol. The summed E-state index contributed by atoms with van der Waals surface area (Å²) in [5, 5.41) is 2.93. The number of benzene rings is 2. The van der Waals surface area contributed by atoms with Gasteiger partial charge in [0.15, 0.2) is 0 Å². The summed E-state index contributed by atoms with van der Waals surface area (Å²) in [5.41, 5.74) is 2.25. The van der Waals surface area contributed by atoms with Gasteiger partial charge in [-0.1, -0.05) is 28.1 Å². The van der Waals surface area contributed by atoms with Crippen LogP contribution in [0.1, 0.15) is 17.2 Å². The van der Waals surface area contributed by atoms with Crippen LogP contribution in [-0.2, 0) is 4.79 Å². The number of rotatable bonds is 5. The average molecular weight is 419 g/mol. The highest BCUT2D eigenvalue weighted by Crippen LogP contribution is 2.29. The van der Waals surface area contributed by atoms with Gasteiger partial charge in [-0.3, -0.25) is 4.79 Å². The predicted molar refractivity (Wildman–Crippen MR) is 103 cm³/mol. The molecule has 0 unspecified atom stereocenters. The van der Waals surface area contributed by atoms with Crippen LogP contribution >= 0.6 is 15.9 Å². The lowest BCUT2D eigenvalue weighted by molar-refractivity contribution is -0.118. The number of halogens is 2. The molecule has 3 rings (SSSR count). The second kappa shape index (κ2) is 8.01. The van der Waals surface area contributed by atoms with E-state index < -0.39 is 0 Å². The zero-order valence-electron chi connectivity index (χ0n) is 14.6. The van der Waals surface area contributed by atoms with Crippen LogP contribution in [-0.4, -0.2) is 38.1 Å². The molecule has 2 aromatic carbocycles. The van der Waals surface area contributed by atoms with Crippen molar-refractivity contribution in [1.82, 2.24) is 10.2 Å². The molecule has 2 aromatic rings. The molecule has 136 valence electrons. The summed E-state index contributed by atoms with van der Waals surface area (Å²) in [6.07, 6.45) is 1.84. The normalized spacial score (nSPS) is 14.3. The van der Waals surface area contributed by atoms with Gasteiger partial charge in [0.25, 0.3) is 5.91 Å². The van der Waals surface area contributed by atoms with Gasteiger partial charge in [-0.2, -0.15) is 0 Å². The maximum Gasteiger partial charge on any atom is 0.250 e. The Morgan fingerprint density at radius 3 is 2.85 bits per heavy atom. The highest BCUT2D eigenvalue weighted by atomic mass is 79.9. The molecule has 0 saturated heterocycles. The molecule has 1 aliphatic rings. The third-order valence-electron chi connectivity index (χ3n) is 4.29. The van der Waals surface area contributed by atoms with E-state index in [-0.39, 0.29) is 24.4 Å². The van der Waals surface area contributed by atoms with E-state index in [1.807, 2.05) is 49.3 Å². The van der Waals surface area contributed by atoms with Crippen LogP contribution in [0.4, 0.5) is 4.39 Å². The van der Waals surface area contributed by atoms with Crippen molar-refractivity contribution in [1.29, 1.82) is 0 Å². The molecule has 4 nitrogen and oxygen atoms in total. The largest absolute Gasteiger partial charge is 0.488 e. The number of nitrogens with zero attached hydrogens (tertiary/aromatic N) is 1. The first kappa shape index (κ1) is 18.6. The topological polar surface area (TPSA) is 41.6 Å². The molecule has 6 heteroatoms. The lowest BCUT2D eigenvalue weighted by atomic mass is 10.0. The fraction of sp³-hybridized carbons (Fsp3) is 0.250. The van der Waals surface area contributed by atoms with Gasteiger partial charge in [0.05, 0.1) is 11.6 Å². The summed E-state index contributed by atoms with van der Waals surface area (Å²) in [6, 6.07) is 12.0. The van der Waals surface area contributed by atoms with Crippen LogP contribution < -0.4 is 10.1 Å². The van der Waals surface area contributed by atoms with Crippen LogP contribution in [0.3, 0.4) is 0 Å². The van der Waals surface area contributed by atoms with Crippen molar-refractivity contribution < 1.29 is 13.9 Å². The van der Waals surface area contributed by atoms with Crippen molar-refractivity contribution in [3.8, 4) is 5.75 Å². The van der Waals surface area contributed by atoms with Crippen LogP contribution in [0.25, 0.3) is 6.08 Å². The second-order valence-electron chi connectivity index (χ2n) is 6.38. The molecule has 0 bridgehead atoms. The summed E-state index contributed by atoms with van der Waals surface area (Å²) < 4.78 is 20.1. The smallest absolute Gasteiger partial charge is 0.250 e. The minimum absolute atomic E-state index is 0.124. The van der Waals surface area contributed by atoms with Crippen molar-refractivity contribution >= 4 is 27.9 Å². The number of ether oxygens (including phenoxy) is 1. The van der Waals surface area contributed by atoms with Crippen molar-refractivity contribution in [2.24, 2.45) is 0 Å². The Bertz CT molecular complexity index is 851. The van der Waals surface area contributed by atoms with Gasteiger partial charge in [-0.25, -0.2) is 4.39 Å². The molecule has 1 atom stereocenters. The van der Waals surface area contributed by atoms with Gasteiger partial charge >= 0.3 is 0 Å². The summed E-state index contributed by atoms with van der Waals surface area (Å²) in [6.45, 7) is 0.602. The number of carbonyl (C=O) groups excluding carboxylic acids is 1. The van der Waals surface area contributed by atoms with E-state index >= 15 is 0 Å². The zero-order chi connectivity index (χ0) is 18.7. The molecule has 26 heavy (non-hydrogen) atoms. The molecular formula is C20H20BrFN2O2. The Kier molecular flexibility index (Phi) is 5.74. The standard InChI is InChI=1S/C20H20BrFN2O2/c1-24(2)18(13-4-3-5-17(22)10-13)11-23-20(25)15-8-14-9-16(21)6-7-19(14)26-12-15/h3-10,18H,11-12H2,1-2H3,(H,23,25)/t18-/m0/s1. The Balaban J connectivity index is 1.71. The number of amides is 1. The lowest BCUT2D eigenvalue weighted by Gasteiger charge is -2.26. The van der Waals surface area contributed by atoms with E-state index in [2.05, 4.69) is 21.2 Å². The van der Waals surface area contributed by atoms with Crippen molar-refractivity contribution in [3.05, 3.63) is 69.5 Å². The molecule has 0 radical (unpaired) electrons. The number of likely N-dealkylation sites (N-methyl/N-ethyl adjacent to an activating group) is 1. The number of nitrogens with one attached hydrogen (secondary N) is 1. The van der Waals surface area contributed by atoms with Gasteiger partial charge in [-0.15, -0.1) is 0 Å². The highest BCUT2D eigenvalue weighted by Gasteiger charge is 2.20. The van der Waals surface area contributed by atoms with Crippen molar-refractivity contribution in [3.63, 3.8) is 0 Å². The third-order valence-corrected chi connectivity index (χ3v) is 4.78. The minimum Gasteiger partial charge on any atom is -0.488 e. The summed E-state index contributed by atoms with van der Waals surface area (Å²) in [7, 11) is 3.80. The Morgan fingerprint density at radius 1 is 1.31 bits per heavy atom. The molecule has 0 aromatic heterocycles. The molecule has 0 fully saturated rings. The molecule has 0 spiro atoms. The van der Waals surface area contributed by atoms with Gasteiger partial charge in [0, 0.05) is 16.6 Å². The molecule has 1 amide bonds. The summed E-state index contributed by atoms with van der Waals surface area (Å²) in [4.78, 5) is 14.5. The van der Waals surface area contributed by atoms with Crippen molar-refractivity contribution in [2.45, 2.75) is 6.04 Å². The first-order valence-corrected chi connectivity index (χ1v) is 9.06. The maximum atomic E-state index is 13.5. The highest BCUT2D eigenvalue weighted by molar-refractivity contribution is 9.10. The maximum absolute atomic E-state index is 13.5. The Labute approximate surface area is 160 Å². The summed E-state index contributed by atoms with van der Waals surface area (Å²) in [5.74, 6) is 0.292. The van der Waals surface area contributed by atoms with Crippen LogP contribution in [0, 0.1) is 5.82 Å². The fourth-order valence-electron chi connectivity index (χ4n) is 2.89. The minimum atomic E-state index is -0.286. The fourth-order valence-corrected chi connectivity index (χ4v) is 3.27. The van der Waals surface area contributed by atoms with Gasteiger partial charge < -0.3 is 15.0 Å². The second-order valence-corrected chi connectivity index (χ2v) is 7.30. The molecule has 0 saturated carbocycles. The van der Waals surface area contributed by atoms with Crippen LogP contribution in [0.2, 0.25) is 0 Å². The first-order chi connectivity index (χ1) is 12.4. The zero-order valence-corrected chi connectivity index (χ0v) is 16.2. The predicted octanol–water partition coefficient (Wildman–Crippen LogP) is 3.78.